The Kier molecular flexibility index (Phi) is 10.9. The quantitative estimate of drug-likeness (QED) is 0.422. The number of aliphatic hydroxyl groups excluding tert-OH is 2. The molecule has 0 spiro atoms. The highest BCUT2D eigenvalue weighted by atomic mass is 16.3. The lowest BCUT2D eigenvalue weighted by Crippen LogP contribution is -2.28. The monoisotopic (exact) mass is 396 g/mol. The van der Waals surface area contributed by atoms with Crippen LogP contribution in [0.5, 0.6) is 0 Å². The Morgan fingerprint density at radius 3 is 2.28 bits per heavy atom. The second-order valence-electron chi connectivity index (χ2n) is 8.88. The van der Waals surface area contributed by atoms with Gasteiger partial charge in [-0.2, -0.15) is 0 Å². The molecule has 0 amide bonds. The molecule has 0 saturated carbocycles. The molecule has 1 unspecified atom stereocenters. The van der Waals surface area contributed by atoms with Crippen LogP contribution >= 0.6 is 0 Å². The highest BCUT2D eigenvalue weighted by Crippen LogP contribution is 2.41. The van der Waals surface area contributed by atoms with Crippen LogP contribution in [-0.4, -0.2) is 22.9 Å². The smallest absolute Gasteiger partial charge is 0.0585 e. The fourth-order valence-electron chi connectivity index (χ4n) is 3.73. The molecule has 0 aliphatic heterocycles. The molecule has 0 aromatic carbocycles. The minimum absolute atomic E-state index is 0.0188. The van der Waals surface area contributed by atoms with E-state index < -0.39 is 0 Å². The van der Waals surface area contributed by atoms with Gasteiger partial charge in [0.05, 0.1) is 6.10 Å². The van der Waals surface area contributed by atoms with Gasteiger partial charge in [0.25, 0.3) is 0 Å². The predicted molar refractivity (Wildman–Crippen MR) is 127 cm³/mol. The van der Waals surface area contributed by atoms with Crippen LogP contribution in [0.2, 0.25) is 0 Å². The van der Waals surface area contributed by atoms with Crippen molar-refractivity contribution in [2.45, 2.75) is 73.3 Å². The molecule has 0 radical (unpaired) electrons. The van der Waals surface area contributed by atoms with Crippen molar-refractivity contribution in [3.8, 4) is 0 Å². The first-order chi connectivity index (χ1) is 13.7. The molecule has 1 aliphatic rings. The van der Waals surface area contributed by atoms with Crippen LogP contribution in [0.1, 0.15) is 67.2 Å². The topological polar surface area (TPSA) is 40.5 Å². The molecule has 0 saturated heterocycles. The number of aliphatic hydroxyl groups is 2. The fourth-order valence-corrected chi connectivity index (χ4v) is 3.73. The van der Waals surface area contributed by atoms with Gasteiger partial charge in [0.2, 0.25) is 0 Å². The summed E-state index contributed by atoms with van der Waals surface area (Å²) >= 11 is 0. The summed E-state index contributed by atoms with van der Waals surface area (Å²) in [4.78, 5) is 0. The van der Waals surface area contributed by atoms with Crippen molar-refractivity contribution in [2.75, 3.05) is 6.61 Å². The first-order valence-electron chi connectivity index (χ1n) is 10.7. The standard InChI is InChI=1S/C27H40O2/c1-21(11-7-8-12-22(2)15-10-18-28)13-9-14-23(3)16-17-26-24(4)19-25(29)20-27(26,5)6/h7-9,11-14,16-17,25,28-29H,10,15,18-20H2,1-6H3/b8-7+,13-9+,17-16+,21-11+,22-12+,23-14+. The highest BCUT2D eigenvalue weighted by Gasteiger charge is 2.31. The van der Waals surface area contributed by atoms with Crippen LogP contribution in [0, 0.1) is 5.41 Å². The lowest BCUT2D eigenvalue weighted by molar-refractivity contribution is 0.116. The maximum Gasteiger partial charge on any atom is 0.0585 e. The maximum atomic E-state index is 10.0. The SMILES string of the molecule is CC1=C(/C=C/C(C)=C/C=C/C(C)=C/C=C/C=C(\C)CCCO)C(C)(C)CC(O)C1. The number of rotatable bonds is 9. The Bertz CT molecular complexity index is 736. The van der Waals surface area contributed by atoms with Crippen LogP contribution in [0.25, 0.3) is 0 Å². The van der Waals surface area contributed by atoms with E-state index in [2.05, 4.69) is 84.1 Å². The Morgan fingerprint density at radius 2 is 1.62 bits per heavy atom. The molecule has 0 fully saturated rings. The summed E-state index contributed by atoms with van der Waals surface area (Å²) in [7, 11) is 0. The number of hydrogen-bond donors (Lipinski definition) is 2. The normalized spacial score (nSPS) is 21.9. The van der Waals surface area contributed by atoms with Crippen molar-refractivity contribution in [3.05, 3.63) is 82.5 Å². The third-order valence-corrected chi connectivity index (χ3v) is 5.29. The molecule has 0 aromatic heterocycles. The first-order valence-corrected chi connectivity index (χ1v) is 10.7. The van der Waals surface area contributed by atoms with Crippen LogP contribution in [-0.2, 0) is 0 Å². The van der Waals surface area contributed by atoms with Gasteiger partial charge in [-0.05, 0) is 64.4 Å². The summed E-state index contributed by atoms with van der Waals surface area (Å²) in [6.45, 7) is 13.1. The molecular weight excluding hydrogens is 356 g/mol. The minimum atomic E-state index is -0.217. The van der Waals surface area contributed by atoms with E-state index in [0.29, 0.717) is 0 Å². The predicted octanol–water partition coefficient (Wildman–Crippen LogP) is 6.76. The van der Waals surface area contributed by atoms with Gasteiger partial charge in [0.1, 0.15) is 0 Å². The van der Waals surface area contributed by atoms with Crippen LogP contribution in [0.15, 0.2) is 82.5 Å². The van der Waals surface area contributed by atoms with Gasteiger partial charge in [-0.3, -0.25) is 0 Å². The molecule has 29 heavy (non-hydrogen) atoms. The van der Waals surface area contributed by atoms with Crippen molar-refractivity contribution in [1.29, 1.82) is 0 Å². The summed E-state index contributed by atoms with van der Waals surface area (Å²) < 4.78 is 0. The van der Waals surface area contributed by atoms with Crippen LogP contribution < -0.4 is 0 Å². The van der Waals surface area contributed by atoms with E-state index in [-0.39, 0.29) is 18.1 Å². The van der Waals surface area contributed by atoms with Crippen LogP contribution in [0.4, 0.5) is 0 Å². The van der Waals surface area contributed by atoms with Crippen molar-refractivity contribution in [3.63, 3.8) is 0 Å². The fraction of sp³-hybridized carbons (Fsp3) is 0.481. The third-order valence-electron chi connectivity index (χ3n) is 5.29. The molecule has 2 nitrogen and oxygen atoms in total. The zero-order valence-electron chi connectivity index (χ0n) is 19.2. The maximum absolute atomic E-state index is 10.0. The molecular formula is C27H40O2. The van der Waals surface area contributed by atoms with E-state index in [9.17, 15) is 5.11 Å². The van der Waals surface area contributed by atoms with E-state index in [1.807, 2.05) is 12.2 Å². The molecule has 1 atom stereocenters. The average molecular weight is 397 g/mol. The summed E-state index contributed by atoms with van der Waals surface area (Å²) in [5, 5.41) is 18.9. The van der Waals surface area contributed by atoms with Gasteiger partial charge >= 0.3 is 0 Å². The minimum Gasteiger partial charge on any atom is -0.396 e. The van der Waals surface area contributed by atoms with Crippen LogP contribution in [0.3, 0.4) is 0 Å². The summed E-state index contributed by atoms with van der Waals surface area (Å²) in [5.74, 6) is 0. The average Bonchev–Trinajstić information content (AvgIpc) is 2.62. The van der Waals surface area contributed by atoms with Gasteiger partial charge in [-0.1, -0.05) is 90.8 Å². The molecule has 2 heteroatoms. The van der Waals surface area contributed by atoms with Crippen molar-refractivity contribution < 1.29 is 10.2 Å². The lowest BCUT2D eigenvalue weighted by atomic mass is 9.71. The molecule has 0 aromatic rings. The van der Waals surface area contributed by atoms with Crippen molar-refractivity contribution in [1.82, 2.24) is 0 Å². The van der Waals surface area contributed by atoms with E-state index in [1.165, 1.54) is 27.9 Å². The zero-order chi connectivity index (χ0) is 21.9. The summed E-state index contributed by atoms with van der Waals surface area (Å²) in [6.07, 6.45) is 22.1. The molecule has 160 valence electrons. The molecule has 0 bridgehead atoms. The Morgan fingerprint density at radius 1 is 1.00 bits per heavy atom. The Hall–Kier alpha value is -1.90. The largest absolute Gasteiger partial charge is 0.396 e. The molecule has 0 heterocycles. The van der Waals surface area contributed by atoms with Crippen molar-refractivity contribution >= 4 is 0 Å². The lowest BCUT2D eigenvalue weighted by Gasteiger charge is -2.35. The molecule has 1 aliphatic carbocycles. The van der Waals surface area contributed by atoms with E-state index in [4.69, 9.17) is 5.11 Å². The second kappa shape index (κ2) is 12.6. The molecule has 1 rings (SSSR count). The van der Waals surface area contributed by atoms with E-state index in [0.717, 1.165) is 25.7 Å². The summed E-state index contributed by atoms with van der Waals surface area (Å²) in [5.41, 5.74) is 6.34. The second-order valence-corrected chi connectivity index (χ2v) is 8.88. The van der Waals surface area contributed by atoms with Gasteiger partial charge in [0, 0.05) is 6.61 Å². The zero-order valence-corrected chi connectivity index (χ0v) is 19.2. The van der Waals surface area contributed by atoms with Crippen molar-refractivity contribution in [2.24, 2.45) is 5.41 Å². The summed E-state index contributed by atoms with van der Waals surface area (Å²) in [6, 6.07) is 0. The number of hydrogen-bond acceptors (Lipinski definition) is 2. The van der Waals surface area contributed by atoms with Gasteiger partial charge < -0.3 is 10.2 Å². The van der Waals surface area contributed by atoms with Gasteiger partial charge in [-0.15, -0.1) is 0 Å². The molecule has 2 N–H and O–H groups in total. The third kappa shape index (κ3) is 9.92. The Labute approximate surface area is 178 Å². The number of allylic oxidation sites excluding steroid dienone is 13. The first kappa shape index (κ1) is 25.1. The van der Waals surface area contributed by atoms with E-state index >= 15 is 0 Å². The van der Waals surface area contributed by atoms with E-state index in [1.54, 1.807) is 0 Å². The van der Waals surface area contributed by atoms with Gasteiger partial charge in [-0.25, -0.2) is 0 Å². The Balaban J connectivity index is 2.67. The van der Waals surface area contributed by atoms with Gasteiger partial charge in [0.15, 0.2) is 0 Å². The highest BCUT2D eigenvalue weighted by molar-refractivity contribution is 5.37.